The van der Waals surface area contributed by atoms with Crippen LogP contribution in [-0.4, -0.2) is 49.0 Å². The van der Waals surface area contributed by atoms with Gasteiger partial charge in [-0.05, 0) is 34.5 Å². The van der Waals surface area contributed by atoms with E-state index in [0.717, 1.165) is 10.2 Å². The zero-order valence-electron chi connectivity index (χ0n) is 10.5. The minimum Gasteiger partial charge on any atom is -0.292 e. The first-order valence-corrected chi connectivity index (χ1v) is 8.99. The topological polar surface area (TPSA) is 57.7 Å². The number of nitrogens with zero attached hydrogens (tertiary/aromatic N) is 2. The van der Waals surface area contributed by atoms with Crippen LogP contribution in [0.1, 0.15) is 23.0 Å². The van der Waals surface area contributed by atoms with Gasteiger partial charge in [0.05, 0.1) is 15.2 Å². The lowest BCUT2D eigenvalue weighted by atomic mass is 10.3. The molecule has 0 aromatic carbocycles. The predicted molar refractivity (Wildman–Crippen MR) is 78.7 cm³/mol. The molecule has 19 heavy (non-hydrogen) atoms. The molecule has 0 saturated carbocycles. The van der Waals surface area contributed by atoms with Crippen molar-refractivity contribution in [2.24, 2.45) is 0 Å². The standard InChI is InChI=1S/C11H15BrN2O3S2/c1-2-5-13-6-7-14(19(13,16)17)8-9(15)10-3-4-11(12)18-10/h3-4H,2,5-8H2,1H3. The SMILES string of the molecule is CCCN1CCN(CC(=O)c2ccc(Br)s2)S1(=O)=O. The molecule has 1 aliphatic rings. The van der Waals surface area contributed by atoms with Crippen LogP contribution in [0.25, 0.3) is 0 Å². The number of halogens is 1. The van der Waals surface area contributed by atoms with Crippen molar-refractivity contribution in [3.8, 4) is 0 Å². The lowest BCUT2D eigenvalue weighted by Crippen LogP contribution is -2.36. The van der Waals surface area contributed by atoms with Gasteiger partial charge in [-0.1, -0.05) is 6.92 Å². The maximum absolute atomic E-state index is 12.1. The van der Waals surface area contributed by atoms with Crippen LogP contribution < -0.4 is 0 Å². The Bertz CT molecular complexity index is 570. The van der Waals surface area contributed by atoms with E-state index in [1.807, 2.05) is 6.92 Å². The lowest BCUT2D eigenvalue weighted by Gasteiger charge is -2.17. The Balaban J connectivity index is 2.06. The molecule has 0 unspecified atom stereocenters. The van der Waals surface area contributed by atoms with E-state index >= 15 is 0 Å². The van der Waals surface area contributed by atoms with Gasteiger partial charge in [0.2, 0.25) is 0 Å². The molecule has 1 aromatic rings. The fourth-order valence-corrected chi connectivity index (χ4v) is 4.92. The smallest absolute Gasteiger partial charge is 0.282 e. The molecule has 0 aliphatic carbocycles. The van der Waals surface area contributed by atoms with Crippen molar-refractivity contribution in [1.29, 1.82) is 0 Å². The molecular formula is C11H15BrN2O3S2. The number of thiophene rings is 1. The van der Waals surface area contributed by atoms with E-state index in [9.17, 15) is 13.2 Å². The molecule has 0 amide bonds. The Morgan fingerprint density at radius 1 is 1.37 bits per heavy atom. The zero-order chi connectivity index (χ0) is 14.0. The van der Waals surface area contributed by atoms with Crippen LogP contribution in [0.15, 0.2) is 15.9 Å². The Morgan fingerprint density at radius 2 is 2.05 bits per heavy atom. The third-order valence-electron chi connectivity index (χ3n) is 2.89. The molecule has 0 radical (unpaired) electrons. The van der Waals surface area contributed by atoms with Crippen molar-refractivity contribution >= 4 is 43.3 Å². The lowest BCUT2D eigenvalue weighted by molar-refractivity contribution is 0.0973. The summed E-state index contributed by atoms with van der Waals surface area (Å²) in [6.45, 7) is 3.23. The summed E-state index contributed by atoms with van der Waals surface area (Å²) in [6, 6.07) is 3.50. The minimum atomic E-state index is -3.45. The summed E-state index contributed by atoms with van der Waals surface area (Å²) >= 11 is 4.61. The Kier molecular flexibility index (Phi) is 4.78. The van der Waals surface area contributed by atoms with Gasteiger partial charge in [0.15, 0.2) is 5.78 Å². The molecule has 2 heterocycles. The summed E-state index contributed by atoms with van der Waals surface area (Å²) in [4.78, 5) is 12.6. The molecule has 1 aromatic heterocycles. The van der Waals surface area contributed by atoms with Crippen LogP contribution in [0.4, 0.5) is 0 Å². The fraction of sp³-hybridized carbons (Fsp3) is 0.545. The van der Waals surface area contributed by atoms with E-state index in [4.69, 9.17) is 0 Å². The molecule has 1 fully saturated rings. The highest BCUT2D eigenvalue weighted by Gasteiger charge is 2.37. The monoisotopic (exact) mass is 366 g/mol. The van der Waals surface area contributed by atoms with E-state index in [0.29, 0.717) is 24.5 Å². The summed E-state index contributed by atoms with van der Waals surface area (Å²) in [5, 5.41) is 0. The summed E-state index contributed by atoms with van der Waals surface area (Å²) in [6.07, 6.45) is 0.777. The van der Waals surface area contributed by atoms with Crippen molar-refractivity contribution in [3.63, 3.8) is 0 Å². The summed E-state index contributed by atoms with van der Waals surface area (Å²) in [5.74, 6) is -0.155. The van der Waals surface area contributed by atoms with Gasteiger partial charge in [-0.3, -0.25) is 4.79 Å². The Morgan fingerprint density at radius 3 is 2.63 bits per heavy atom. The van der Waals surface area contributed by atoms with Crippen molar-refractivity contribution in [2.45, 2.75) is 13.3 Å². The number of hydrogen-bond acceptors (Lipinski definition) is 4. The molecule has 0 spiro atoms. The minimum absolute atomic E-state index is 0.0739. The number of carbonyl (C=O) groups excluding carboxylic acids is 1. The van der Waals surface area contributed by atoms with Crippen LogP contribution in [0, 0.1) is 0 Å². The van der Waals surface area contributed by atoms with Crippen molar-refractivity contribution in [1.82, 2.24) is 8.61 Å². The highest BCUT2D eigenvalue weighted by atomic mass is 79.9. The first-order chi connectivity index (χ1) is 8.95. The largest absolute Gasteiger partial charge is 0.292 e. The van der Waals surface area contributed by atoms with Gasteiger partial charge < -0.3 is 0 Å². The van der Waals surface area contributed by atoms with Gasteiger partial charge in [0.25, 0.3) is 10.2 Å². The fourth-order valence-electron chi connectivity index (χ4n) is 1.96. The van der Waals surface area contributed by atoms with Crippen LogP contribution >= 0.6 is 27.3 Å². The second kappa shape index (κ2) is 6.01. The number of carbonyl (C=O) groups is 1. The van der Waals surface area contributed by atoms with Gasteiger partial charge in [-0.15, -0.1) is 11.3 Å². The maximum Gasteiger partial charge on any atom is 0.282 e. The van der Waals surface area contributed by atoms with E-state index in [-0.39, 0.29) is 12.3 Å². The molecule has 0 atom stereocenters. The van der Waals surface area contributed by atoms with E-state index in [2.05, 4.69) is 15.9 Å². The summed E-state index contributed by atoms with van der Waals surface area (Å²) in [7, 11) is -3.45. The Hall–Kier alpha value is -0.280. The molecular weight excluding hydrogens is 352 g/mol. The highest BCUT2D eigenvalue weighted by molar-refractivity contribution is 9.11. The van der Waals surface area contributed by atoms with Gasteiger partial charge in [0, 0.05) is 19.6 Å². The molecule has 0 bridgehead atoms. The Labute approximate surface area is 125 Å². The molecule has 1 saturated heterocycles. The highest BCUT2D eigenvalue weighted by Crippen LogP contribution is 2.24. The summed E-state index contributed by atoms with van der Waals surface area (Å²) in [5.41, 5.74) is 0. The van der Waals surface area contributed by atoms with Gasteiger partial charge >= 0.3 is 0 Å². The third-order valence-corrected chi connectivity index (χ3v) is 6.54. The molecule has 8 heteroatoms. The van der Waals surface area contributed by atoms with Gasteiger partial charge in [-0.25, -0.2) is 0 Å². The third kappa shape index (κ3) is 3.25. The van der Waals surface area contributed by atoms with Crippen LogP contribution in [-0.2, 0) is 10.2 Å². The van der Waals surface area contributed by atoms with Crippen LogP contribution in [0.3, 0.4) is 0 Å². The number of Topliss-reactive ketones (excluding diaryl/α,β-unsaturated/α-hetero) is 1. The second-order valence-electron chi connectivity index (χ2n) is 4.27. The van der Waals surface area contributed by atoms with Gasteiger partial charge in [0.1, 0.15) is 0 Å². The molecule has 1 aliphatic heterocycles. The summed E-state index contributed by atoms with van der Waals surface area (Å²) < 4.78 is 27.9. The van der Waals surface area contributed by atoms with Crippen molar-refractivity contribution < 1.29 is 13.2 Å². The average Bonchev–Trinajstić information content (AvgIpc) is 2.88. The second-order valence-corrected chi connectivity index (χ2v) is 8.66. The molecule has 5 nitrogen and oxygen atoms in total. The van der Waals surface area contributed by atoms with E-state index in [1.165, 1.54) is 19.9 Å². The van der Waals surface area contributed by atoms with Crippen LogP contribution in [0.2, 0.25) is 0 Å². The average molecular weight is 367 g/mol. The quantitative estimate of drug-likeness (QED) is 0.748. The zero-order valence-corrected chi connectivity index (χ0v) is 13.7. The van der Waals surface area contributed by atoms with Gasteiger partial charge in [-0.2, -0.15) is 17.0 Å². The maximum atomic E-state index is 12.1. The molecule has 106 valence electrons. The number of ketones is 1. The van der Waals surface area contributed by atoms with Crippen LogP contribution in [0.5, 0.6) is 0 Å². The van der Waals surface area contributed by atoms with Crippen molar-refractivity contribution in [3.05, 3.63) is 20.8 Å². The molecule has 0 N–H and O–H groups in total. The van der Waals surface area contributed by atoms with Crippen molar-refractivity contribution in [2.75, 3.05) is 26.2 Å². The number of rotatable bonds is 5. The first kappa shape index (κ1) is 15.1. The first-order valence-electron chi connectivity index (χ1n) is 5.99. The molecule has 2 rings (SSSR count). The number of hydrogen-bond donors (Lipinski definition) is 0. The van der Waals surface area contributed by atoms with E-state index < -0.39 is 10.2 Å². The normalized spacial score (nSPS) is 19.9. The predicted octanol–water partition coefficient (Wildman–Crippen LogP) is 1.97. The van der Waals surface area contributed by atoms with E-state index in [1.54, 1.807) is 12.1 Å².